The largest absolute Gasteiger partial charge is 0.411 e. The average molecular weight is 818 g/mol. The summed E-state index contributed by atoms with van der Waals surface area (Å²) in [5.74, 6) is -1.29. The molecule has 2 N–H and O–H groups in total. The molecule has 6 rings (SSSR count). The van der Waals surface area contributed by atoms with Gasteiger partial charge in [0.2, 0.25) is 17.2 Å². The molecule has 2 heterocycles. The van der Waals surface area contributed by atoms with Gasteiger partial charge in [0, 0.05) is 21.4 Å². The van der Waals surface area contributed by atoms with Crippen LogP contribution in [-0.4, -0.2) is 45.6 Å². The highest BCUT2D eigenvalue weighted by Crippen LogP contribution is 2.56. The standard InChI is InChI=1S/C33H20Cl2F6N4O2S4/c34-19-5-11-25-23(13-19)44-29(50-25)48-15-27(46)42-21-7-1-17(2-8-21)31(32(36,37)38,33(39,40)41)18-3-9-22(10-4-18)43-28(47)16-49-30-45-24-14-20(35)6-12-26(24)51-30/h1-14H,15-16H2,(H,42,46)(H,43,47). The van der Waals surface area contributed by atoms with Gasteiger partial charge in [-0.3, -0.25) is 9.59 Å². The Bertz CT molecular complexity index is 2070. The van der Waals surface area contributed by atoms with Gasteiger partial charge in [-0.25, -0.2) is 9.97 Å². The van der Waals surface area contributed by atoms with Gasteiger partial charge in [-0.05, 0) is 71.8 Å². The first-order valence-electron chi connectivity index (χ1n) is 14.4. The molecule has 18 heteroatoms. The number of fused-ring (bicyclic) bond motifs is 2. The van der Waals surface area contributed by atoms with E-state index >= 15 is 0 Å². The molecule has 0 radical (unpaired) electrons. The Labute approximate surface area is 312 Å². The Hall–Kier alpha value is -3.54. The van der Waals surface area contributed by atoms with E-state index in [1.165, 1.54) is 22.7 Å². The number of benzene rings is 4. The summed E-state index contributed by atoms with van der Waals surface area (Å²) < 4.78 is 91.1. The highest BCUT2D eigenvalue weighted by molar-refractivity contribution is 8.02. The van der Waals surface area contributed by atoms with Gasteiger partial charge in [-0.1, -0.05) is 71.0 Å². The number of aromatic nitrogens is 2. The van der Waals surface area contributed by atoms with E-state index < -0.39 is 40.7 Å². The predicted molar refractivity (Wildman–Crippen MR) is 194 cm³/mol. The van der Waals surface area contributed by atoms with Crippen LogP contribution in [0.2, 0.25) is 10.0 Å². The number of nitrogens with one attached hydrogen (secondary N) is 2. The van der Waals surface area contributed by atoms with Crippen molar-refractivity contribution in [1.82, 2.24) is 9.97 Å². The van der Waals surface area contributed by atoms with Crippen LogP contribution in [0.25, 0.3) is 20.4 Å². The summed E-state index contributed by atoms with van der Waals surface area (Å²) in [6, 6.07) is 17.0. The molecule has 4 aromatic carbocycles. The summed E-state index contributed by atoms with van der Waals surface area (Å²) in [6.07, 6.45) is -11.6. The van der Waals surface area contributed by atoms with Crippen molar-refractivity contribution >= 4 is 113 Å². The van der Waals surface area contributed by atoms with Crippen LogP contribution in [-0.2, 0) is 15.0 Å². The fourth-order valence-electron chi connectivity index (χ4n) is 5.12. The number of hydrogen-bond acceptors (Lipinski definition) is 8. The van der Waals surface area contributed by atoms with Crippen LogP contribution < -0.4 is 10.6 Å². The maximum absolute atomic E-state index is 14.7. The normalized spacial score (nSPS) is 12.4. The first-order valence-corrected chi connectivity index (χ1v) is 18.8. The van der Waals surface area contributed by atoms with E-state index in [1.807, 2.05) is 0 Å². The van der Waals surface area contributed by atoms with E-state index in [-0.39, 0.29) is 22.9 Å². The van der Waals surface area contributed by atoms with Crippen molar-refractivity contribution in [3.63, 3.8) is 0 Å². The lowest BCUT2D eigenvalue weighted by Crippen LogP contribution is -2.54. The van der Waals surface area contributed by atoms with Crippen LogP contribution in [0.5, 0.6) is 0 Å². The molecule has 0 aliphatic rings. The maximum Gasteiger partial charge on any atom is 0.411 e. The van der Waals surface area contributed by atoms with Crippen LogP contribution in [0.4, 0.5) is 37.7 Å². The molecule has 2 amide bonds. The van der Waals surface area contributed by atoms with Crippen molar-refractivity contribution in [3.8, 4) is 0 Å². The summed E-state index contributed by atoms with van der Waals surface area (Å²) in [4.78, 5) is 33.9. The van der Waals surface area contributed by atoms with E-state index in [9.17, 15) is 35.9 Å². The molecule has 51 heavy (non-hydrogen) atoms. The van der Waals surface area contributed by atoms with Crippen LogP contribution >= 0.6 is 69.4 Å². The molecule has 0 aliphatic heterocycles. The third-order valence-corrected chi connectivity index (χ3v) is 12.2. The average Bonchev–Trinajstić information content (AvgIpc) is 3.66. The van der Waals surface area contributed by atoms with Gasteiger partial charge in [-0.2, -0.15) is 26.3 Å². The second kappa shape index (κ2) is 14.8. The number of thioether (sulfide) groups is 2. The van der Waals surface area contributed by atoms with Crippen molar-refractivity contribution < 1.29 is 35.9 Å². The topological polar surface area (TPSA) is 84.0 Å². The summed E-state index contributed by atoms with van der Waals surface area (Å²) >= 11 is 16.9. The first kappa shape index (κ1) is 37.2. The van der Waals surface area contributed by atoms with E-state index in [0.29, 0.717) is 54.0 Å². The van der Waals surface area contributed by atoms with Gasteiger partial charge in [0.1, 0.15) is 0 Å². The minimum atomic E-state index is -5.82. The third-order valence-electron chi connectivity index (χ3n) is 7.37. The molecule has 0 fully saturated rings. The number of anilines is 2. The molecule has 0 aliphatic carbocycles. The molecule has 0 saturated carbocycles. The zero-order valence-corrected chi connectivity index (χ0v) is 30.1. The van der Waals surface area contributed by atoms with Gasteiger partial charge < -0.3 is 10.6 Å². The van der Waals surface area contributed by atoms with Gasteiger partial charge in [-0.15, -0.1) is 22.7 Å². The first-order chi connectivity index (χ1) is 24.1. The van der Waals surface area contributed by atoms with E-state index in [1.54, 1.807) is 36.4 Å². The minimum absolute atomic E-state index is 0.00394. The van der Waals surface area contributed by atoms with E-state index in [0.717, 1.165) is 57.2 Å². The van der Waals surface area contributed by atoms with Gasteiger partial charge in [0.05, 0.1) is 31.9 Å². The SMILES string of the molecule is O=C(CSc1nc2cc(Cl)ccc2s1)Nc1ccc(C(c2ccc(NC(=O)CSc3nc4cc(Cl)ccc4s3)cc2)(C(F)(F)F)C(F)(F)F)cc1. The smallest absolute Gasteiger partial charge is 0.325 e. The van der Waals surface area contributed by atoms with Gasteiger partial charge >= 0.3 is 12.4 Å². The fraction of sp³-hybridized carbons (Fsp3) is 0.152. The Balaban J connectivity index is 1.14. The zero-order valence-electron chi connectivity index (χ0n) is 25.4. The highest BCUT2D eigenvalue weighted by atomic mass is 35.5. The molecule has 0 unspecified atom stereocenters. The number of hydrogen-bond donors (Lipinski definition) is 2. The van der Waals surface area contributed by atoms with Crippen LogP contribution in [0.15, 0.2) is 93.6 Å². The molecule has 0 bridgehead atoms. The maximum atomic E-state index is 14.7. The van der Waals surface area contributed by atoms with Crippen LogP contribution in [0.1, 0.15) is 11.1 Å². The molecule has 2 aromatic heterocycles. The number of amides is 2. The van der Waals surface area contributed by atoms with Crippen molar-refractivity contribution in [3.05, 3.63) is 106 Å². The van der Waals surface area contributed by atoms with Crippen molar-refractivity contribution in [2.24, 2.45) is 0 Å². The Morgan fingerprint density at radius 2 is 0.980 bits per heavy atom. The zero-order chi connectivity index (χ0) is 36.6. The van der Waals surface area contributed by atoms with E-state index in [2.05, 4.69) is 20.6 Å². The number of halogens is 8. The van der Waals surface area contributed by atoms with E-state index in [4.69, 9.17) is 23.2 Å². The van der Waals surface area contributed by atoms with Crippen molar-refractivity contribution in [2.75, 3.05) is 22.1 Å². The predicted octanol–water partition coefficient (Wildman–Crippen LogP) is 11.1. The lowest BCUT2D eigenvalue weighted by molar-refractivity contribution is -0.288. The molecule has 264 valence electrons. The molecule has 0 saturated heterocycles. The number of rotatable bonds is 10. The molecule has 0 spiro atoms. The quantitative estimate of drug-likeness (QED) is 0.106. The Morgan fingerprint density at radius 3 is 1.33 bits per heavy atom. The molecular formula is C33H20Cl2F6N4O2S4. The third kappa shape index (κ3) is 8.10. The van der Waals surface area contributed by atoms with Crippen LogP contribution in [0.3, 0.4) is 0 Å². The lowest BCUT2D eigenvalue weighted by Gasteiger charge is -2.38. The number of carbonyl (C=O) groups is 2. The summed E-state index contributed by atoms with van der Waals surface area (Å²) in [7, 11) is 0. The monoisotopic (exact) mass is 816 g/mol. The van der Waals surface area contributed by atoms with Gasteiger partial charge in [0.15, 0.2) is 8.68 Å². The second-order valence-corrected chi connectivity index (χ2v) is 16.1. The number of carbonyl (C=O) groups excluding carboxylic acids is 2. The van der Waals surface area contributed by atoms with Crippen LogP contribution in [0, 0.1) is 0 Å². The fourth-order valence-corrected chi connectivity index (χ4v) is 9.15. The Morgan fingerprint density at radius 1 is 0.608 bits per heavy atom. The summed E-state index contributed by atoms with van der Waals surface area (Å²) in [5, 5.41) is 5.99. The minimum Gasteiger partial charge on any atom is -0.325 e. The number of nitrogens with zero attached hydrogens (tertiary/aromatic N) is 2. The number of thiazole rings is 2. The molecule has 6 aromatic rings. The van der Waals surface area contributed by atoms with Gasteiger partial charge in [0.25, 0.3) is 0 Å². The highest BCUT2D eigenvalue weighted by Gasteiger charge is 2.72. The lowest BCUT2D eigenvalue weighted by atomic mass is 9.73. The Kier molecular flexibility index (Phi) is 10.8. The second-order valence-electron chi connectivity index (χ2n) is 10.8. The number of alkyl halides is 6. The summed E-state index contributed by atoms with van der Waals surface area (Å²) in [6.45, 7) is 0. The molecule has 6 nitrogen and oxygen atoms in total. The van der Waals surface area contributed by atoms with Crippen molar-refractivity contribution in [1.29, 1.82) is 0 Å². The summed E-state index contributed by atoms with van der Waals surface area (Å²) in [5.41, 5.74) is -5.30. The van der Waals surface area contributed by atoms with Crippen molar-refractivity contribution in [2.45, 2.75) is 26.4 Å². The molecular weight excluding hydrogens is 798 g/mol. The molecule has 0 atom stereocenters.